The van der Waals surface area contributed by atoms with Gasteiger partial charge in [-0.2, -0.15) is 0 Å². The molecule has 0 fully saturated rings. The van der Waals surface area contributed by atoms with E-state index >= 15 is 0 Å². The van der Waals surface area contributed by atoms with Gasteiger partial charge in [0.1, 0.15) is 6.10 Å². The van der Waals surface area contributed by atoms with Crippen molar-refractivity contribution in [3.8, 4) is 0 Å². The third-order valence-corrected chi connectivity index (χ3v) is 1.46. The zero-order chi connectivity index (χ0) is 7.56. The number of aliphatic imine (C=N–C) groups is 1. The van der Waals surface area contributed by atoms with Crippen LogP contribution < -0.4 is 0 Å². The second kappa shape index (κ2) is 2.68. The van der Waals surface area contributed by atoms with Gasteiger partial charge in [-0.15, -0.1) is 0 Å². The lowest BCUT2D eigenvalue weighted by molar-refractivity contribution is -0.140. The first-order valence-electron chi connectivity index (χ1n) is 3.15. The van der Waals surface area contributed by atoms with E-state index in [1.807, 2.05) is 6.92 Å². The molecule has 1 heterocycles. The minimum atomic E-state index is -0.916. The van der Waals surface area contributed by atoms with E-state index in [9.17, 15) is 4.79 Å². The average molecular weight is 143 g/mol. The second-order valence-corrected chi connectivity index (χ2v) is 2.12. The molecular weight excluding hydrogens is 134 g/mol. The Morgan fingerprint density at radius 3 is 3.00 bits per heavy atom. The fourth-order valence-corrected chi connectivity index (χ4v) is 0.892. The van der Waals surface area contributed by atoms with Crippen LogP contribution in [0, 0.1) is 0 Å². The molecule has 0 aromatic heterocycles. The summed E-state index contributed by atoms with van der Waals surface area (Å²) in [6.45, 7) is 1.87. The number of nitrogens with zero attached hydrogens (tertiary/aromatic N) is 1. The van der Waals surface area contributed by atoms with Crippen LogP contribution in [0.3, 0.4) is 0 Å². The number of carboxylic acids is 1. The van der Waals surface area contributed by atoms with Gasteiger partial charge in [-0.05, 0) is 6.42 Å². The number of ether oxygens (including phenoxy) is 1. The van der Waals surface area contributed by atoms with Gasteiger partial charge in [0.2, 0.25) is 0 Å². The predicted molar refractivity (Wildman–Crippen MR) is 35.1 cm³/mol. The van der Waals surface area contributed by atoms with Gasteiger partial charge in [-0.1, -0.05) is 6.92 Å². The molecule has 2 atom stereocenters. The van der Waals surface area contributed by atoms with Crippen molar-refractivity contribution < 1.29 is 14.6 Å². The molecule has 0 saturated heterocycles. The molecule has 0 amide bonds. The molecule has 1 N–H and O–H groups in total. The third-order valence-electron chi connectivity index (χ3n) is 1.46. The quantitative estimate of drug-likeness (QED) is 0.603. The predicted octanol–water partition coefficient (Wildman–Crippen LogP) is 0.277. The summed E-state index contributed by atoms with van der Waals surface area (Å²) in [5.74, 6) is -0.916. The van der Waals surface area contributed by atoms with Crippen LogP contribution in [0.4, 0.5) is 0 Å². The first-order valence-corrected chi connectivity index (χ1v) is 3.15. The lowest BCUT2D eigenvalue weighted by Gasteiger charge is -2.09. The Morgan fingerprint density at radius 1 is 1.90 bits per heavy atom. The Bertz CT molecular complexity index is 166. The van der Waals surface area contributed by atoms with E-state index in [0.29, 0.717) is 6.42 Å². The Labute approximate surface area is 58.5 Å². The van der Waals surface area contributed by atoms with E-state index in [1.54, 1.807) is 0 Å². The molecule has 10 heavy (non-hydrogen) atoms. The van der Waals surface area contributed by atoms with E-state index in [1.165, 1.54) is 6.40 Å². The fourth-order valence-electron chi connectivity index (χ4n) is 0.892. The normalized spacial score (nSPS) is 30.1. The van der Waals surface area contributed by atoms with Crippen LogP contribution in [-0.2, 0) is 9.53 Å². The topological polar surface area (TPSA) is 58.9 Å². The summed E-state index contributed by atoms with van der Waals surface area (Å²) >= 11 is 0. The van der Waals surface area contributed by atoms with Crippen molar-refractivity contribution in [2.45, 2.75) is 25.5 Å². The Morgan fingerprint density at radius 2 is 2.60 bits per heavy atom. The van der Waals surface area contributed by atoms with Crippen molar-refractivity contribution in [2.24, 2.45) is 4.99 Å². The van der Waals surface area contributed by atoms with Crippen molar-refractivity contribution in [2.75, 3.05) is 0 Å². The summed E-state index contributed by atoms with van der Waals surface area (Å²) in [5, 5.41) is 8.52. The minimum Gasteiger partial charge on any atom is -0.480 e. The molecule has 4 heteroatoms. The highest BCUT2D eigenvalue weighted by Crippen LogP contribution is 2.12. The molecule has 4 nitrogen and oxygen atoms in total. The zero-order valence-corrected chi connectivity index (χ0v) is 5.65. The van der Waals surface area contributed by atoms with E-state index < -0.39 is 12.0 Å². The molecule has 56 valence electrons. The zero-order valence-electron chi connectivity index (χ0n) is 5.65. The lowest BCUT2D eigenvalue weighted by atomic mass is 10.1. The molecule has 0 saturated carbocycles. The maximum atomic E-state index is 10.4. The smallest absolute Gasteiger partial charge is 0.332 e. The number of hydrogen-bond donors (Lipinski definition) is 1. The highest BCUT2D eigenvalue weighted by molar-refractivity contribution is 5.77. The first kappa shape index (κ1) is 7.05. The van der Waals surface area contributed by atoms with Crippen molar-refractivity contribution in [1.29, 1.82) is 0 Å². The molecule has 1 aliphatic rings. The lowest BCUT2D eigenvalue weighted by Crippen LogP contribution is -2.29. The molecule has 1 rings (SSSR count). The number of aliphatic carboxylic acids is 1. The Kier molecular flexibility index (Phi) is 1.89. The fraction of sp³-hybridized carbons (Fsp3) is 0.667. The van der Waals surface area contributed by atoms with Gasteiger partial charge in [0.25, 0.3) is 0 Å². The van der Waals surface area contributed by atoms with Crippen molar-refractivity contribution in [3.63, 3.8) is 0 Å². The third kappa shape index (κ3) is 1.10. The molecular formula is C6H9NO3. The van der Waals surface area contributed by atoms with Crippen LogP contribution >= 0.6 is 0 Å². The number of carbonyl (C=O) groups is 1. The maximum Gasteiger partial charge on any atom is 0.332 e. The van der Waals surface area contributed by atoms with Crippen LogP contribution in [0.15, 0.2) is 4.99 Å². The van der Waals surface area contributed by atoms with Gasteiger partial charge in [-0.25, -0.2) is 9.79 Å². The largest absolute Gasteiger partial charge is 0.480 e. The van der Waals surface area contributed by atoms with E-state index in [-0.39, 0.29) is 6.10 Å². The summed E-state index contributed by atoms with van der Waals surface area (Å²) in [7, 11) is 0. The van der Waals surface area contributed by atoms with Crippen LogP contribution in [0.2, 0.25) is 0 Å². The minimum absolute atomic E-state index is 0.266. The van der Waals surface area contributed by atoms with Crippen LogP contribution in [0.1, 0.15) is 13.3 Å². The van der Waals surface area contributed by atoms with Gasteiger partial charge in [0.05, 0.1) is 0 Å². The molecule has 1 aliphatic heterocycles. The summed E-state index contributed by atoms with van der Waals surface area (Å²) in [5.41, 5.74) is 0. The van der Waals surface area contributed by atoms with Crippen molar-refractivity contribution in [3.05, 3.63) is 0 Å². The summed E-state index contributed by atoms with van der Waals surface area (Å²) in [6.07, 6.45) is 1.63. The molecule has 2 unspecified atom stereocenters. The van der Waals surface area contributed by atoms with Gasteiger partial charge < -0.3 is 9.84 Å². The molecule has 0 aliphatic carbocycles. The van der Waals surface area contributed by atoms with E-state index in [4.69, 9.17) is 9.84 Å². The highest BCUT2D eigenvalue weighted by Gasteiger charge is 2.30. The van der Waals surface area contributed by atoms with E-state index in [2.05, 4.69) is 4.99 Å². The summed E-state index contributed by atoms with van der Waals surface area (Å²) in [6, 6.07) is -0.690. The van der Waals surface area contributed by atoms with Gasteiger partial charge in [0.15, 0.2) is 12.4 Å². The number of hydrogen-bond acceptors (Lipinski definition) is 3. The van der Waals surface area contributed by atoms with Gasteiger partial charge in [0, 0.05) is 0 Å². The summed E-state index contributed by atoms with van der Waals surface area (Å²) < 4.78 is 4.90. The second-order valence-electron chi connectivity index (χ2n) is 2.12. The molecule has 0 bridgehead atoms. The van der Waals surface area contributed by atoms with Crippen molar-refractivity contribution in [1.82, 2.24) is 0 Å². The van der Waals surface area contributed by atoms with Crippen LogP contribution in [-0.4, -0.2) is 29.6 Å². The monoisotopic (exact) mass is 143 g/mol. The molecule has 0 aromatic carbocycles. The van der Waals surface area contributed by atoms with Crippen LogP contribution in [0.25, 0.3) is 0 Å². The van der Waals surface area contributed by atoms with Gasteiger partial charge in [-0.3, -0.25) is 0 Å². The molecule has 0 radical (unpaired) electrons. The average Bonchev–Trinajstić information content (AvgIpc) is 2.33. The molecule has 0 spiro atoms. The van der Waals surface area contributed by atoms with Crippen LogP contribution in [0.5, 0.6) is 0 Å². The molecule has 0 aromatic rings. The summed E-state index contributed by atoms with van der Waals surface area (Å²) in [4.78, 5) is 14.0. The van der Waals surface area contributed by atoms with Gasteiger partial charge >= 0.3 is 5.97 Å². The SMILES string of the molecule is CCC1OC=NC1C(=O)O. The van der Waals surface area contributed by atoms with Crippen molar-refractivity contribution >= 4 is 12.4 Å². The Hall–Kier alpha value is -1.06. The number of carboxylic acid groups (broad SMARTS) is 1. The maximum absolute atomic E-state index is 10.4. The van der Waals surface area contributed by atoms with E-state index in [0.717, 1.165) is 0 Å². The highest BCUT2D eigenvalue weighted by atomic mass is 16.5. The first-order chi connectivity index (χ1) is 4.75. The number of rotatable bonds is 2. The Balaban J connectivity index is 2.57. The standard InChI is InChI=1S/C6H9NO3/c1-2-4-5(6(8)9)7-3-10-4/h3-5H,2H2,1H3,(H,8,9).